The lowest BCUT2D eigenvalue weighted by molar-refractivity contribution is 0.147. The highest BCUT2D eigenvalue weighted by molar-refractivity contribution is 4.92. The van der Waals surface area contributed by atoms with E-state index in [1.165, 1.54) is 19.3 Å². The fourth-order valence-electron chi connectivity index (χ4n) is 1.52. The number of hydrogen-bond donors (Lipinski definition) is 0. The Labute approximate surface area is 81.5 Å². The second kappa shape index (κ2) is 4.11. The third kappa shape index (κ3) is 3.00. The Hall–Kier alpha value is -0.550. The van der Waals surface area contributed by atoms with Crippen molar-refractivity contribution in [2.45, 2.75) is 45.6 Å². The molecule has 0 bridgehead atoms. The van der Waals surface area contributed by atoms with E-state index in [9.17, 15) is 0 Å². The summed E-state index contributed by atoms with van der Waals surface area (Å²) in [5.74, 6) is 0. The summed E-state index contributed by atoms with van der Waals surface area (Å²) in [6.45, 7) is 5.09. The minimum absolute atomic E-state index is 0.155. The van der Waals surface area contributed by atoms with Crippen LogP contribution in [0.15, 0.2) is 0 Å². The van der Waals surface area contributed by atoms with Gasteiger partial charge in [-0.3, -0.25) is 0 Å². The first-order valence-electron chi connectivity index (χ1n) is 5.17. The Balaban J connectivity index is 2.22. The van der Waals surface area contributed by atoms with E-state index < -0.39 is 0 Å². The standard InChI is InChI=1S/C11H20N2/c1-11(2,9-12)7-8-13(3)10-5-4-6-10/h10H,4-8H2,1-3H3. The van der Waals surface area contributed by atoms with E-state index >= 15 is 0 Å². The van der Waals surface area contributed by atoms with E-state index in [4.69, 9.17) is 5.26 Å². The van der Waals surface area contributed by atoms with Crippen molar-refractivity contribution in [3.8, 4) is 6.07 Å². The Morgan fingerprint density at radius 2 is 2.08 bits per heavy atom. The lowest BCUT2D eigenvalue weighted by Crippen LogP contribution is -2.38. The number of nitriles is 1. The molecule has 1 rings (SSSR count). The van der Waals surface area contributed by atoms with E-state index in [2.05, 4.69) is 18.0 Å². The van der Waals surface area contributed by atoms with Crippen molar-refractivity contribution in [2.24, 2.45) is 5.41 Å². The topological polar surface area (TPSA) is 27.0 Å². The van der Waals surface area contributed by atoms with Crippen LogP contribution >= 0.6 is 0 Å². The molecule has 1 aliphatic rings. The summed E-state index contributed by atoms with van der Waals surface area (Å²) in [5.41, 5.74) is -0.155. The molecule has 2 nitrogen and oxygen atoms in total. The molecule has 0 atom stereocenters. The molecule has 1 fully saturated rings. The van der Waals surface area contributed by atoms with Crippen LogP contribution in [-0.4, -0.2) is 24.5 Å². The highest BCUT2D eigenvalue weighted by atomic mass is 15.1. The van der Waals surface area contributed by atoms with Gasteiger partial charge in [-0.05, 0) is 46.7 Å². The van der Waals surface area contributed by atoms with Crippen LogP contribution in [0.1, 0.15) is 39.5 Å². The Kier molecular flexibility index (Phi) is 3.33. The molecule has 0 unspecified atom stereocenters. The Morgan fingerprint density at radius 1 is 1.46 bits per heavy atom. The molecule has 74 valence electrons. The summed E-state index contributed by atoms with van der Waals surface area (Å²) in [5, 5.41) is 8.85. The molecule has 0 saturated heterocycles. The van der Waals surface area contributed by atoms with Crippen molar-refractivity contribution in [3.63, 3.8) is 0 Å². The molecule has 0 amide bonds. The molecule has 1 saturated carbocycles. The summed E-state index contributed by atoms with van der Waals surface area (Å²) in [6.07, 6.45) is 5.07. The van der Waals surface area contributed by atoms with E-state index in [1.807, 2.05) is 13.8 Å². The third-order valence-electron chi connectivity index (χ3n) is 3.09. The Morgan fingerprint density at radius 3 is 2.46 bits per heavy atom. The largest absolute Gasteiger partial charge is 0.303 e. The summed E-state index contributed by atoms with van der Waals surface area (Å²) < 4.78 is 0. The summed E-state index contributed by atoms with van der Waals surface area (Å²) >= 11 is 0. The van der Waals surface area contributed by atoms with Crippen molar-refractivity contribution >= 4 is 0 Å². The van der Waals surface area contributed by atoms with Gasteiger partial charge in [0.1, 0.15) is 0 Å². The first-order valence-corrected chi connectivity index (χ1v) is 5.17. The van der Waals surface area contributed by atoms with Gasteiger partial charge in [-0.1, -0.05) is 6.42 Å². The van der Waals surface area contributed by atoms with Crippen LogP contribution in [0, 0.1) is 16.7 Å². The Bertz CT molecular complexity index is 199. The van der Waals surface area contributed by atoms with Gasteiger partial charge in [0.05, 0.1) is 11.5 Å². The minimum atomic E-state index is -0.155. The monoisotopic (exact) mass is 180 g/mol. The molecule has 0 radical (unpaired) electrons. The first-order chi connectivity index (χ1) is 6.05. The van der Waals surface area contributed by atoms with Gasteiger partial charge in [-0.2, -0.15) is 5.26 Å². The van der Waals surface area contributed by atoms with Crippen LogP contribution in [-0.2, 0) is 0 Å². The van der Waals surface area contributed by atoms with Gasteiger partial charge < -0.3 is 4.90 Å². The van der Waals surface area contributed by atoms with E-state index in [0.29, 0.717) is 0 Å². The molecular formula is C11H20N2. The zero-order valence-electron chi connectivity index (χ0n) is 9.01. The average molecular weight is 180 g/mol. The molecule has 0 aromatic rings. The molecule has 0 aromatic heterocycles. The average Bonchev–Trinajstić information content (AvgIpc) is 1.98. The molecule has 0 heterocycles. The molecule has 0 aromatic carbocycles. The lowest BCUT2D eigenvalue weighted by atomic mass is 9.88. The van der Waals surface area contributed by atoms with Crippen molar-refractivity contribution in [2.75, 3.05) is 13.6 Å². The highest BCUT2D eigenvalue weighted by Gasteiger charge is 2.24. The SMILES string of the molecule is CN(CCC(C)(C)C#N)C1CCC1. The molecule has 13 heavy (non-hydrogen) atoms. The van der Waals surface area contributed by atoms with Crippen LogP contribution < -0.4 is 0 Å². The van der Waals surface area contributed by atoms with Crippen LogP contribution in [0.5, 0.6) is 0 Å². The van der Waals surface area contributed by atoms with Crippen LogP contribution in [0.25, 0.3) is 0 Å². The maximum absolute atomic E-state index is 8.85. The lowest BCUT2D eigenvalue weighted by Gasteiger charge is -2.35. The van der Waals surface area contributed by atoms with Gasteiger partial charge in [0.15, 0.2) is 0 Å². The number of rotatable bonds is 4. The molecule has 0 aliphatic heterocycles. The summed E-state index contributed by atoms with van der Waals surface area (Å²) in [7, 11) is 2.18. The second-order valence-corrected chi connectivity index (χ2v) is 4.81. The minimum Gasteiger partial charge on any atom is -0.303 e. The van der Waals surface area contributed by atoms with Gasteiger partial charge in [0.25, 0.3) is 0 Å². The molecular weight excluding hydrogens is 160 g/mol. The predicted molar refractivity (Wildman–Crippen MR) is 54.3 cm³/mol. The number of hydrogen-bond acceptors (Lipinski definition) is 2. The van der Waals surface area contributed by atoms with Gasteiger partial charge in [0.2, 0.25) is 0 Å². The van der Waals surface area contributed by atoms with Gasteiger partial charge in [-0.15, -0.1) is 0 Å². The van der Waals surface area contributed by atoms with Crippen LogP contribution in [0.4, 0.5) is 0 Å². The zero-order valence-corrected chi connectivity index (χ0v) is 9.01. The van der Waals surface area contributed by atoms with Gasteiger partial charge in [-0.25, -0.2) is 0 Å². The number of nitrogens with zero attached hydrogens (tertiary/aromatic N) is 2. The fourth-order valence-corrected chi connectivity index (χ4v) is 1.52. The van der Waals surface area contributed by atoms with E-state index in [1.54, 1.807) is 0 Å². The van der Waals surface area contributed by atoms with Crippen LogP contribution in [0.2, 0.25) is 0 Å². The maximum atomic E-state index is 8.85. The molecule has 2 heteroatoms. The van der Waals surface area contributed by atoms with Crippen molar-refractivity contribution in [1.82, 2.24) is 4.90 Å². The summed E-state index contributed by atoms with van der Waals surface area (Å²) in [6, 6.07) is 3.15. The molecule has 0 N–H and O–H groups in total. The maximum Gasteiger partial charge on any atom is 0.0684 e. The fraction of sp³-hybridized carbons (Fsp3) is 0.909. The van der Waals surface area contributed by atoms with Crippen molar-refractivity contribution < 1.29 is 0 Å². The quantitative estimate of drug-likeness (QED) is 0.664. The highest BCUT2D eigenvalue weighted by Crippen LogP contribution is 2.25. The second-order valence-electron chi connectivity index (χ2n) is 4.81. The smallest absolute Gasteiger partial charge is 0.0684 e. The third-order valence-corrected chi connectivity index (χ3v) is 3.09. The normalized spacial score (nSPS) is 18.4. The summed E-state index contributed by atoms with van der Waals surface area (Å²) in [4.78, 5) is 2.41. The van der Waals surface area contributed by atoms with Crippen molar-refractivity contribution in [1.29, 1.82) is 5.26 Å². The van der Waals surface area contributed by atoms with E-state index in [0.717, 1.165) is 19.0 Å². The van der Waals surface area contributed by atoms with Crippen molar-refractivity contribution in [3.05, 3.63) is 0 Å². The van der Waals surface area contributed by atoms with Crippen LogP contribution in [0.3, 0.4) is 0 Å². The first kappa shape index (κ1) is 10.5. The van der Waals surface area contributed by atoms with E-state index in [-0.39, 0.29) is 5.41 Å². The predicted octanol–water partition coefficient (Wildman–Crippen LogP) is 2.41. The van der Waals surface area contributed by atoms with Gasteiger partial charge in [0, 0.05) is 6.04 Å². The van der Waals surface area contributed by atoms with Gasteiger partial charge >= 0.3 is 0 Å². The molecule has 1 aliphatic carbocycles. The zero-order chi connectivity index (χ0) is 9.90. The molecule has 0 spiro atoms.